The molecule has 0 radical (unpaired) electrons. The lowest BCUT2D eigenvalue weighted by atomic mass is 10.1. The lowest BCUT2D eigenvalue weighted by molar-refractivity contribution is 0.495. The van der Waals surface area contributed by atoms with Crippen molar-refractivity contribution in [3.63, 3.8) is 0 Å². The van der Waals surface area contributed by atoms with Crippen molar-refractivity contribution in [2.24, 2.45) is 0 Å². The fraction of sp³-hybridized carbons (Fsp3) is 0.333. The van der Waals surface area contributed by atoms with E-state index in [1.807, 2.05) is 31.2 Å². The van der Waals surface area contributed by atoms with Gasteiger partial charge in [-0.05, 0) is 50.1 Å². The second-order valence-electron chi connectivity index (χ2n) is 4.74. The van der Waals surface area contributed by atoms with Crippen molar-refractivity contribution >= 4 is 28.9 Å². The maximum atomic E-state index is 6.21. The molecule has 2 nitrogen and oxygen atoms in total. The molecular formula is C15H17Cl2NO. The summed E-state index contributed by atoms with van der Waals surface area (Å²) >= 11 is 12.3. The van der Waals surface area contributed by atoms with Gasteiger partial charge in [-0.1, -0.05) is 23.2 Å². The third kappa shape index (κ3) is 3.92. The molecule has 2 rings (SSSR count). The topological polar surface area (TPSA) is 25.2 Å². The molecule has 0 aliphatic heterocycles. The molecule has 1 N–H and O–H groups in total. The predicted molar refractivity (Wildman–Crippen MR) is 81.3 cm³/mol. The Morgan fingerprint density at radius 3 is 2.74 bits per heavy atom. The van der Waals surface area contributed by atoms with E-state index in [1.54, 1.807) is 6.26 Å². The number of benzene rings is 1. The number of furan rings is 1. The van der Waals surface area contributed by atoms with Gasteiger partial charge in [0, 0.05) is 17.5 Å². The largest absolute Gasteiger partial charge is 0.469 e. The highest BCUT2D eigenvalue weighted by molar-refractivity contribution is 6.35. The lowest BCUT2D eigenvalue weighted by Gasteiger charge is -2.16. The summed E-state index contributed by atoms with van der Waals surface area (Å²) in [6.45, 7) is 4.06. The first-order valence-electron chi connectivity index (χ1n) is 6.31. The molecule has 1 aromatic heterocycles. The van der Waals surface area contributed by atoms with Gasteiger partial charge in [0.2, 0.25) is 0 Å². The molecule has 1 aromatic carbocycles. The van der Waals surface area contributed by atoms with Crippen LogP contribution in [0, 0.1) is 6.92 Å². The summed E-state index contributed by atoms with van der Waals surface area (Å²) in [6, 6.07) is 7.95. The summed E-state index contributed by atoms with van der Waals surface area (Å²) in [5, 5.41) is 4.81. The van der Waals surface area contributed by atoms with Gasteiger partial charge in [0.25, 0.3) is 0 Å². The van der Waals surface area contributed by atoms with E-state index in [9.17, 15) is 0 Å². The van der Waals surface area contributed by atoms with Gasteiger partial charge in [0.05, 0.1) is 17.0 Å². The molecule has 1 heterocycles. The van der Waals surface area contributed by atoms with E-state index >= 15 is 0 Å². The highest BCUT2D eigenvalue weighted by Crippen LogP contribution is 2.29. The van der Waals surface area contributed by atoms with Crippen molar-refractivity contribution in [3.05, 3.63) is 51.9 Å². The monoisotopic (exact) mass is 297 g/mol. The highest BCUT2D eigenvalue weighted by Gasteiger charge is 2.09. The summed E-state index contributed by atoms with van der Waals surface area (Å²) in [6.07, 6.45) is 3.57. The summed E-state index contributed by atoms with van der Waals surface area (Å²) in [5.41, 5.74) is 1.87. The van der Waals surface area contributed by atoms with Gasteiger partial charge in [-0.2, -0.15) is 0 Å². The first-order chi connectivity index (χ1) is 9.06. The number of nitrogens with one attached hydrogen (secondary N) is 1. The molecular weight excluding hydrogens is 281 g/mol. The molecule has 0 saturated carbocycles. The van der Waals surface area contributed by atoms with E-state index in [1.165, 1.54) is 0 Å². The molecule has 0 aliphatic rings. The van der Waals surface area contributed by atoms with Crippen LogP contribution >= 0.6 is 23.2 Å². The standard InChI is InChI=1S/C15H17Cl2NO/c1-10-8-14(17)15(9-13(10)16)18-11(2)5-6-12-4-3-7-19-12/h3-4,7-9,11,18H,5-6H2,1-2H3. The Balaban J connectivity index is 1.95. The van der Waals surface area contributed by atoms with Crippen LogP contribution in [-0.2, 0) is 6.42 Å². The second kappa shape index (κ2) is 6.36. The first kappa shape index (κ1) is 14.3. The number of aryl methyl sites for hydroxylation is 2. The van der Waals surface area contributed by atoms with Crippen molar-refractivity contribution in [3.8, 4) is 0 Å². The van der Waals surface area contributed by atoms with Crippen LogP contribution in [0.4, 0.5) is 5.69 Å². The van der Waals surface area contributed by atoms with Gasteiger partial charge >= 0.3 is 0 Å². The van der Waals surface area contributed by atoms with Crippen molar-refractivity contribution in [2.75, 3.05) is 5.32 Å². The van der Waals surface area contributed by atoms with Gasteiger partial charge in [0.15, 0.2) is 0 Å². The number of halogens is 2. The Labute approximate surface area is 123 Å². The molecule has 1 unspecified atom stereocenters. The maximum absolute atomic E-state index is 6.21. The van der Waals surface area contributed by atoms with E-state index in [-0.39, 0.29) is 0 Å². The minimum absolute atomic E-state index is 0.293. The van der Waals surface area contributed by atoms with E-state index < -0.39 is 0 Å². The average Bonchev–Trinajstić information content (AvgIpc) is 2.86. The third-order valence-corrected chi connectivity index (χ3v) is 3.77. The Bertz CT molecular complexity index is 537. The lowest BCUT2D eigenvalue weighted by Crippen LogP contribution is -2.16. The zero-order chi connectivity index (χ0) is 13.8. The van der Waals surface area contributed by atoms with Crippen LogP contribution in [0.1, 0.15) is 24.7 Å². The molecule has 0 bridgehead atoms. The van der Waals surface area contributed by atoms with Gasteiger partial charge in [0.1, 0.15) is 5.76 Å². The van der Waals surface area contributed by atoms with E-state index in [2.05, 4.69) is 12.2 Å². The fourth-order valence-electron chi connectivity index (χ4n) is 1.91. The summed E-state index contributed by atoms with van der Waals surface area (Å²) < 4.78 is 5.32. The van der Waals surface area contributed by atoms with Crippen LogP contribution in [-0.4, -0.2) is 6.04 Å². The quantitative estimate of drug-likeness (QED) is 0.807. The SMILES string of the molecule is Cc1cc(Cl)c(NC(C)CCc2ccco2)cc1Cl. The van der Waals surface area contributed by atoms with Gasteiger partial charge in [-0.3, -0.25) is 0 Å². The van der Waals surface area contributed by atoms with E-state index in [0.717, 1.165) is 34.9 Å². The molecule has 19 heavy (non-hydrogen) atoms. The van der Waals surface area contributed by atoms with Crippen LogP contribution < -0.4 is 5.32 Å². The Morgan fingerprint density at radius 1 is 1.26 bits per heavy atom. The predicted octanol–water partition coefficient (Wildman–Crippen LogP) is 5.33. The van der Waals surface area contributed by atoms with Crippen molar-refractivity contribution in [2.45, 2.75) is 32.7 Å². The summed E-state index contributed by atoms with van der Waals surface area (Å²) in [7, 11) is 0. The Hall–Kier alpha value is -1.12. The zero-order valence-corrected chi connectivity index (χ0v) is 12.6. The highest BCUT2D eigenvalue weighted by atomic mass is 35.5. The number of hydrogen-bond donors (Lipinski definition) is 1. The molecule has 2 aromatic rings. The first-order valence-corrected chi connectivity index (χ1v) is 7.06. The average molecular weight is 298 g/mol. The van der Waals surface area contributed by atoms with E-state index in [4.69, 9.17) is 27.6 Å². The molecule has 0 spiro atoms. The summed E-state index contributed by atoms with van der Waals surface area (Å²) in [4.78, 5) is 0. The molecule has 0 saturated heterocycles. The van der Waals surface area contributed by atoms with Crippen LogP contribution in [0.2, 0.25) is 10.0 Å². The van der Waals surface area contributed by atoms with Crippen molar-refractivity contribution in [1.82, 2.24) is 0 Å². The fourth-order valence-corrected chi connectivity index (χ4v) is 2.34. The van der Waals surface area contributed by atoms with Gasteiger partial charge in [-0.15, -0.1) is 0 Å². The van der Waals surface area contributed by atoms with Crippen LogP contribution in [0.3, 0.4) is 0 Å². The molecule has 0 amide bonds. The van der Waals surface area contributed by atoms with Crippen LogP contribution in [0.5, 0.6) is 0 Å². The number of rotatable bonds is 5. The Kier molecular flexibility index (Phi) is 4.78. The zero-order valence-electron chi connectivity index (χ0n) is 11.0. The van der Waals surface area contributed by atoms with Crippen LogP contribution in [0.15, 0.2) is 34.9 Å². The maximum Gasteiger partial charge on any atom is 0.103 e. The molecule has 0 fully saturated rings. The molecule has 102 valence electrons. The van der Waals surface area contributed by atoms with Gasteiger partial charge < -0.3 is 9.73 Å². The van der Waals surface area contributed by atoms with Gasteiger partial charge in [-0.25, -0.2) is 0 Å². The van der Waals surface area contributed by atoms with Crippen molar-refractivity contribution in [1.29, 1.82) is 0 Å². The third-order valence-electron chi connectivity index (χ3n) is 3.05. The smallest absolute Gasteiger partial charge is 0.103 e. The molecule has 1 atom stereocenters. The molecule has 4 heteroatoms. The minimum atomic E-state index is 0.293. The normalized spacial score (nSPS) is 12.4. The molecule has 0 aliphatic carbocycles. The summed E-state index contributed by atoms with van der Waals surface area (Å²) in [5.74, 6) is 1.00. The Morgan fingerprint density at radius 2 is 2.05 bits per heavy atom. The number of anilines is 1. The van der Waals surface area contributed by atoms with Crippen molar-refractivity contribution < 1.29 is 4.42 Å². The minimum Gasteiger partial charge on any atom is -0.469 e. The second-order valence-corrected chi connectivity index (χ2v) is 5.56. The number of hydrogen-bond acceptors (Lipinski definition) is 2. The van der Waals surface area contributed by atoms with Crippen LogP contribution in [0.25, 0.3) is 0 Å². The van der Waals surface area contributed by atoms with E-state index in [0.29, 0.717) is 11.1 Å².